The Morgan fingerprint density at radius 2 is 2.19 bits per heavy atom. The van der Waals surface area contributed by atoms with Gasteiger partial charge in [0.05, 0.1) is 0 Å². The van der Waals surface area contributed by atoms with Crippen molar-refractivity contribution in [2.45, 2.75) is 45.2 Å². The van der Waals surface area contributed by atoms with Crippen LogP contribution in [-0.4, -0.2) is 13.1 Å². The fraction of sp³-hybridized carbons (Fsp3) is 0.500. The van der Waals surface area contributed by atoms with E-state index in [4.69, 9.17) is 0 Å². The second kappa shape index (κ2) is 4.08. The van der Waals surface area contributed by atoms with Crippen molar-refractivity contribution in [1.82, 2.24) is 0 Å². The Hall–Kier alpha value is -1.05. The number of aryl methyl sites for hydroxylation is 1. The van der Waals surface area contributed by atoms with E-state index >= 15 is 0 Å². The molecule has 2 heteroatoms. The SMILES string of the molecule is C[B]CC(=O)c1ccc2c(c1)CCC2(C)C. The summed E-state index contributed by atoms with van der Waals surface area (Å²) in [5, 5.41) is 0. The molecule has 1 radical (unpaired) electrons. The van der Waals surface area contributed by atoms with Crippen molar-refractivity contribution in [3.8, 4) is 0 Å². The summed E-state index contributed by atoms with van der Waals surface area (Å²) >= 11 is 0. The second-order valence-electron chi connectivity index (χ2n) is 5.29. The Kier molecular flexibility index (Phi) is 2.92. The van der Waals surface area contributed by atoms with Gasteiger partial charge in [-0.1, -0.05) is 32.8 Å². The number of hydrogen-bond acceptors (Lipinski definition) is 1. The highest BCUT2D eigenvalue weighted by Gasteiger charge is 2.29. The van der Waals surface area contributed by atoms with Gasteiger partial charge in [0.2, 0.25) is 0 Å². The van der Waals surface area contributed by atoms with Crippen molar-refractivity contribution in [1.29, 1.82) is 0 Å². The maximum atomic E-state index is 11.8. The highest BCUT2D eigenvalue weighted by molar-refractivity contribution is 6.41. The minimum absolute atomic E-state index is 0.231. The van der Waals surface area contributed by atoms with E-state index in [2.05, 4.69) is 26.0 Å². The topological polar surface area (TPSA) is 17.1 Å². The lowest BCUT2D eigenvalue weighted by molar-refractivity contribution is 0.101. The quantitative estimate of drug-likeness (QED) is 0.556. The van der Waals surface area contributed by atoms with Crippen LogP contribution in [0.5, 0.6) is 0 Å². The fourth-order valence-corrected chi connectivity index (χ4v) is 2.52. The number of ketones is 1. The van der Waals surface area contributed by atoms with Crippen LogP contribution in [0.4, 0.5) is 0 Å². The minimum atomic E-state index is 0.231. The first-order valence-electron chi connectivity index (χ1n) is 5.99. The molecule has 0 N–H and O–H groups in total. The molecule has 1 aromatic carbocycles. The van der Waals surface area contributed by atoms with Crippen LogP contribution in [0, 0.1) is 0 Å². The molecule has 0 amide bonds. The van der Waals surface area contributed by atoms with Crippen molar-refractivity contribution in [3.05, 3.63) is 34.9 Å². The third-order valence-electron chi connectivity index (χ3n) is 3.57. The predicted octanol–water partition coefficient (Wildman–Crippen LogP) is 3.26. The van der Waals surface area contributed by atoms with Gasteiger partial charge in [0, 0.05) is 5.56 Å². The van der Waals surface area contributed by atoms with E-state index < -0.39 is 0 Å². The van der Waals surface area contributed by atoms with E-state index in [-0.39, 0.29) is 11.2 Å². The molecule has 0 saturated heterocycles. The van der Waals surface area contributed by atoms with E-state index in [0.29, 0.717) is 6.32 Å². The average Bonchev–Trinajstić information content (AvgIpc) is 2.55. The van der Waals surface area contributed by atoms with Crippen molar-refractivity contribution in [2.24, 2.45) is 0 Å². The maximum Gasteiger partial charge on any atom is 0.155 e. The van der Waals surface area contributed by atoms with Gasteiger partial charge in [0.15, 0.2) is 5.78 Å². The number of carbonyl (C=O) groups excluding carboxylic acids is 1. The smallest absolute Gasteiger partial charge is 0.155 e. The van der Waals surface area contributed by atoms with E-state index in [0.717, 1.165) is 12.0 Å². The number of rotatable bonds is 3. The molecule has 2 rings (SSSR count). The first kappa shape index (κ1) is 11.4. The van der Waals surface area contributed by atoms with Gasteiger partial charge in [-0.05, 0) is 41.8 Å². The lowest BCUT2D eigenvalue weighted by Gasteiger charge is -2.18. The van der Waals surface area contributed by atoms with Crippen LogP contribution < -0.4 is 0 Å². The molecule has 0 bridgehead atoms. The summed E-state index contributed by atoms with van der Waals surface area (Å²) in [6, 6.07) is 6.22. The van der Waals surface area contributed by atoms with Gasteiger partial charge in [-0.2, -0.15) is 0 Å². The number of Topliss-reactive ketones (excluding diaryl/α,β-unsaturated/α-hetero) is 1. The summed E-state index contributed by atoms with van der Waals surface area (Å²) in [5.41, 5.74) is 3.94. The van der Waals surface area contributed by atoms with E-state index in [9.17, 15) is 4.79 Å². The van der Waals surface area contributed by atoms with Gasteiger partial charge < -0.3 is 0 Å². The Balaban J connectivity index is 2.32. The summed E-state index contributed by atoms with van der Waals surface area (Å²) < 4.78 is 0. The summed E-state index contributed by atoms with van der Waals surface area (Å²) in [6.45, 7) is 6.48. The van der Waals surface area contributed by atoms with E-state index in [1.54, 1.807) is 0 Å². The average molecular weight is 213 g/mol. The Morgan fingerprint density at radius 1 is 1.44 bits per heavy atom. The molecule has 0 heterocycles. The lowest BCUT2D eigenvalue weighted by Crippen LogP contribution is -2.12. The number of fused-ring (bicyclic) bond motifs is 1. The molecule has 0 aromatic heterocycles. The Morgan fingerprint density at radius 3 is 2.88 bits per heavy atom. The second-order valence-corrected chi connectivity index (χ2v) is 5.29. The Bertz CT molecular complexity index is 421. The van der Waals surface area contributed by atoms with Crippen molar-refractivity contribution >= 4 is 13.1 Å². The number of benzene rings is 1. The van der Waals surface area contributed by atoms with Crippen LogP contribution in [0.3, 0.4) is 0 Å². The monoisotopic (exact) mass is 213 g/mol. The summed E-state index contributed by atoms with van der Waals surface area (Å²) in [6.07, 6.45) is 2.85. The molecule has 0 atom stereocenters. The van der Waals surface area contributed by atoms with Crippen molar-refractivity contribution < 1.29 is 4.79 Å². The molecule has 83 valence electrons. The zero-order valence-electron chi connectivity index (χ0n) is 10.3. The first-order chi connectivity index (χ1) is 7.54. The van der Waals surface area contributed by atoms with Crippen LogP contribution in [0.2, 0.25) is 13.1 Å². The summed E-state index contributed by atoms with van der Waals surface area (Å²) in [5.74, 6) is 0.231. The van der Waals surface area contributed by atoms with Crippen LogP contribution in [0.1, 0.15) is 41.8 Å². The molecular formula is C14H18BO. The van der Waals surface area contributed by atoms with Gasteiger partial charge in [-0.25, -0.2) is 0 Å². The third kappa shape index (κ3) is 1.93. The van der Waals surface area contributed by atoms with Crippen LogP contribution in [-0.2, 0) is 11.8 Å². The molecule has 0 spiro atoms. The van der Waals surface area contributed by atoms with Crippen LogP contribution in [0.15, 0.2) is 18.2 Å². The van der Waals surface area contributed by atoms with Crippen molar-refractivity contribution in [3.63, 3.8) is 0 Å². The summed E-state index contributed by atoms with van der Waals surface area (Å²) in [4.78, 5) is 11.8. The first-order valence-corrected chi connectivity index (χ1v) is 5.99. The van der Waals surface area contributed by atoms with Gasteiger partial charge in [0.1, 0.15) is 7.28 Å². The van der Waals surface area contributed by atoms with Crippen molar-refractivity contribution in [2.75, 3.05) is 0 Å². The molecular weight excluding hydrogens is 195 g/mol. The molecule has 1 aliphatic rings. The normalized spacial score (nSPS) is 16.9. The highest BCUT2D eigenvalue weighted by Crippen LogP contribution is 2.38. The van der Waals surface area contributed by atoms with Gasteiger partial charge in [-0.3, -0.25) is 4.79 Å². The lowest BCUT2D eigenvalue weighted by atomic mass is 9.75. The van der Waals surface area contributed by atoms with Crippen LogP contribution >= 0.6 is 0 Å². The van der Waals surface area contributed by atoms with E-state index in [1.807, 2.05) is 20.2 Å². The number of hydrogen-bond donors (Lipinski definition) is 0. The van der Waals surface area contributed by atoms with E-state index in [1.165, 1.54) is 17.5 Å². The molecule has 1 nitrogen and oxygen atoms in total. The zero-order valence-corrected chi connectivity index (χ0v) is 10.3. The molecule has 0 unspecified atom stereocenters. The zero-order chi connectivity index (χ0) is 11.8. The largest absolute Gasteiger partial charge is 0.295 e. The third-order valence-corrected chi connectivity index (χ3v) is 3.57. The molecule has 1 aromatic rings. The van der Waals surface area contributed by atoms with Gasteiger partial charge in [-0.15, -0.1) is 0 Å². The minimum Gasteiger partial charge on any atom is -0.295 e. The van der Waals surface area contributed by atoms with Gasteiger partial charge in [0.25, 0.3) is 0 Å². The Labute approximate surface area is 98.5 Å². The summed E-state index contributed by atoms with van der Waals surface area (Å²) in [7, 11) is 1.92. The molecule has 0 aliphatic heterocycles. The molecule has 1 aliphatic carbocycles. The standard InChI is InChI=1S/C14H18BO/c1-14(2)7-6-10-8-11(4-5-12(10)14)13(16)9-15-3/h4-5,8H,6-7,9H2,1-3H3. The molecule has 16 heavy (non-hydrogen) atoms. The molecule has 0 saturated carbocycles. The fourth-order valence-electron chi connectivity index (χ4n) is 2.52. The highest BCUT2D eigenvalue weighted by atomic mass is 16.1. The number of carbonyl (C=O) groups is 1. The maximum absolute atomic E-state index is 11.8. The predicted molar refractivity (Wildman–Crippen MR) is 68.5 cm³/mol. The molecule has 0 fully saturated rings. The van der Waals surface area contributed by atoms with Crippen LogP contribution in [0.25, 0.3) is 0 Å². The van der Waals surface area contributed by atoms with Gasteiger partial charge >= 0.3 is 0 Å².